The molecule has 1 aliphatic heterocycles. The van der Waals surface area contributed by atoms with Gasteiger partial charge in [-0.15, -0.1) is 0 Å². The van der Waals surface area contributed by atoms with Crippen LogP contribution in [0.15, 0.2) is 18.3 Å². The van der Waals surface area contributed by atoms with Crippen molar-refractivity contribution in [3.05, 3.63) is 24.0 Å². The second-order valence-electron chi connectivity index (χ2n) is 4.37. The molecule has 0 aromatic carbocycles. The summed E-state index contributed by atoms with van der Waals surface area (Å²) >= 11 is 2.06. The maximum absolute atomic E-state index is 5.63. The standard InChI is InChI=1S/C12H19N3S/c1-9-10(2)16-6-5-15(9)8-12-4-3-11(13)7-14-12/h3-4,7,9-10H,5-6,8,13H2,1-2H3. The SMILES string of the molecule is CC1SCCN(Cc2ccc(N)cn2)C1C. The van der Waals surface area contributed by atoms with Crippen molar-refractivity contribution in [1.82, 2.24) is 9.88 Å². The van der Waals surface area contributed by atoms with Crippen LogP contribution in [-0.4, -0.2) is 33.5 Å². The maximum atomic E-state index is 5.63. The third kappa shape index (κ3) is 2.68. The van der Waals surface area contributed by atoms with Gasteiger partial charge in [-0.2, -0.15) is 11.8 Å². The number of aromatic nitrogens is 1. The van der Waals surface area contributed by atoms with E-state index in [4.69, 9.17) is 5.73 Å². The molecule has 2 N–H and O–H groups in total. The summed E-state index contributed by atoms with van der Waals surface area (Å²) in [6.07, 6.45) is 1.74. The van der Waals surface area contributed by atoms with Gasteiger partial charge in [0.1, 0.15) is 0 Å². The normalized spacial score (nSPS) is 26.9. The van der Waals surface area contributed by atoms with Crippen LogP contribution in [0.5, 0.6) is 0 Å². The molecule has 16 heavy (non-hydrogen) atoms. The van der Waals surface area contributed by atoms with Crippen molar-refractivity contribution in [2.45, 2.75) is 31.7 Å². The number of hydrogen-bond acceptors (Lipinski definition) is 4. The van der Waals surface area contributed by atoms with Gasteiger partial charge in [-0.25, -0.2) is 0 Å². The molecule has 88 valence electrons. The molecule has 1 fully saturated rings. The Labute approximate surface area is 101 Å². The number of nitrogens with two attached hydrogens (primary N) is 1. The Bertz CT molecular complexity index is 339. The van der Waals surface area contributed by atoms with Crippen molar-refractivity contribution in [2.24, 2.45) is 0 Å². The average Bonchev–Trinajstić information content (AvgIpc) is 2.28. The molecule has 0 amide bonds. The zero-order valence-corrected chi connectivity index (χ0v) is 10.7. The van der Waals surface area contributed by atoms with Gasteiger partial charge in [0.05, 0.1) is 17.6 Å². The van der Waals surface area contributed by atoms with Gasteiger partial charge in [-0.1, -0.05) is 6.92 Å². The van der Waals surface area contributed by atoms with Gasteiger partial charge in [0.2, 0.25) is 0 Å². The molecule has 4 heteroatoms. The van der Waals surface area contributed by atoms with Gasteiger partial charge in [0.15, 0.2) is 0 Å². The lowest BCUT2D eigenvalue weighted by Gasteiger charge is -2.37. The minimum absolute atomic E-state index is 0.623. The summed E-state index contributed by atoms with van der Waals surface area (Å²) in [6.45, 7) is 6.70. The lowest BCUT2D eigenvalue weighted by molar-refractivity contribution is 0.202. The first kappa shape index (κ1) is 11.7. The molecule has 2 unspecified atom stereocenters. The summed E-state index contributed by atoms with van der Waals surface area (Å²) in [5.41, 5.74) is 7.48. The van der Waals surface area contributed by atoms with E-state index >= 15 is 0 Å². The predicted octanol–water partition coefficient (Wildman–Crippen LogP) is 1.99. The number of anilines is 1. The molecule has 0 bridgehead atoms. The van der Waals surface area contributed by atoms with Gasteiger partial charge in [-0.3, -0.25) is 9.88 Å². The van der Waals surface area contributed by atoms with Gasteiger partial charge < -0.3 is 5.73 Å². The minimum Gasteiger partial charge on any atom is -0.397 e. The lowest BCUT2D eigenvalue weighted by Crippen LogP contribution is -2.44. The summed E-state index contributed by atoms with van der Waals surface area (Å²) in [5.74, 6) is 1.22. The van der Waals surface area contributed by atoms with E-state index in [9.17, 15) is 0 Å². The molecular weight excluding hydrogens is 218 g/mol. The van der Waals surface area contributed by atoms with E-state index in [-0.39, 0.29) is 0 Å². The van der Waals surface area contributed by atoms with Gasteiger partial charge >= 0.3 is 0 Å². The van der Waals surface area contributed by atoms with Crippen LogP contribution < -0.4 is 5.73 Å². The molecule has 0 saturated carbocycles. The van der Waals surface area contributed by atoms with E-state index in [0.29, 0.717) is 11.3 Å². The Morgan fingerprint density at radius 2 is 2.31 bits per heavy atom. The first-order valence-electron chi connectivity index (χ1n) is 5.73. The van der Waals surface area contributed by atoms with Gasteiger partial charge in [-0.05, 0) is 19.1 Å². The third-order valence-electron chi connectivity index (χ3n) is 3.23. The summed E-state index contributed by atoms with van der Waals surface area (Å²) in [6, 6.07) is 4.57. The topological polar surface area (TPSA) is 42.1 Å². The van der Waals surface area contributed by atoms with Crippen molar-refractivity contribution in [2.75, 3.05) is 18.0 Å². The van der Waals surface area contributed by atoms with E-state index in [0.717, 1.165) is 24.5 Å². The second-order valence-corrected chi connectivity index (χ2v) is 5.86. The van der Waals surface area contributed by atoms with Gasteiger partial charge in [0.25, 0.3) is 0 Å². The molecular formula is C12H19N3S. The van der Waals surface area contributed by atoms with Crippen molar-refractivity contribution in [1.29, 1.82) is 0 Å². The van der Waals surface area contributed by atoms with Crippen LogP contribution in [0, 0.1) is 0 Å². The van der Waals surface area contributed by atoms with E-state index in [2.05, 4.69) is 35.5 Å². The van der Waals surface area contributed by atoms with Crippen LogP contribution in [0.25, 0.3) is 0 Å². The summed E-state index contributed by atoms with van der Waals surface area (Å²) in [4.78, 5) is 6.86. The van der Waals surface area contributed by atoms with E-state index in [1.54, 1.807) is 6.20 Å². The van der Waals surface area contributed by atoms with E-state index in [1.165, 1.54) is 5.75 Å². The summed E-state index contributed by atoms with van der Waals surface area (Å²) in [5, 5.41) is 0.711. The Morgan fingerprint density at radius 3 is 3.00 bits per heavy atom. The Hall–Kier alpha value is -0.740. The van der Waals surface area contributed by atoms with Crippen LogP contribution in [0.3, 0.4) is 0 Å². The third-order valence-corrected chi connectivity index (χ3v) is 4.57. The molecule has 0 aliphatic carbocycles. The first-order chi connectivity index (χ1) is 7.66. The first-order valence-corrected chi connectivity index (χ1v) is 6.78. The number of hydrogen-bond donors (Lipinski definition) is 1. The highest BCUT2D eigenvalue weighted by Crippen LogP contribution is 2.25. The molecule has 2 heterocycles. The maximum Gasteiger partial charge on any atom is 0.0545 e. The molecule has 2 rings (SSSR count). The summed E-state index contributed by atoms with van der Waals surface area (Å²) in [7, 11) is 0. The minimum atomic E-state index is 0.623. The molecule has 1 aliphatic rings. The van der Waals surface area contributed by atoms with Crippen molar-refractivity contribution >= 4 is 17.4 Å². The smallest absolute Gasteiger partial charge is 0.0545 e. The summed E-state index contributed by atoms with van der Waals surface area (Å²) < 4.78 is 0. The van der Waals surface area contributed by atoms with E-state index < -0.39 is 0 Å². The lowest BCUT2D eigenvalue weighted by atomic mass is 10.2. The highest BCUT2D eigenvalue weighted by Gasteiger charge is 2.25. The fourth-order valence-corrected chi connectivity index (χ4v) is 3.12. The zero-order valence-electron chi connectivity index (χ0n) is 9.89. The van der Waals surface area contributed by atoms with Crippen molar-refractivity contribution in [3.8, 4) is 0 Å². The van der Waals surface area contributed by atoms with Crippen molar-refractivity contribution < 1.29 is 0 Å². The number of rotatable bonds is 2. The van der Waals surface area contributed by atoms with Crippen LogP contribution in [-0.2, 0) is 6.54 Å². The average molecular weight is 237 g/mol. The fourth-order valence-electron chi connectivity index (χ4n) is 1.96. The number of nitrogens with zero attached hydrogens (tertiary/aromatic N) is 2. The zero-order chi connectivity index (χ0) is 11.5. The number of pyridine rings is 1. The molecule has 1 saturated heterocycles. The van der Waals surface area contributed by atoms with Crippen LogP contribution in [0.4, 0.5) is 5.69 Å². The monoisotopic (exact) mass is 237 g/mol. The Morgan fingerprint density at radius 1 is 1.50 bits per heavy atom. The van der Waals surface area contributed by atoms with Crippen LogP contribution in [0.2, 0.25) is 0 Å². The predicted molar refractivity (Wildman–Crippen MR) is 70.4 cm³/mol. The van der Waals surface area contributed by atoms with Gasteiger partial charge in [0, 0.05) is 30.1 Å². The Kier molecular flexibility index (Phi) is 3.71. The van der Waals surface area contributed by atoms with Crippen molar-refractivity contribution in [3.63, 3.8) is 0 Å². The van der Waals surface area contributed by atoms with E-state index in [1.807, 2.05) is 12.1 Å². The largest absolute Gasteiger partial charge is 0.397 e. The fraction of sp³-hybridized carbons (Fsp3) is 0.583. The second kappa shape index (κ2) is 5.06. The molecule has 1 aromatic heterocycles. The number of thioether (sulfide) groups is 1. The highest BCUT2D eigenvalue weighted by molar-refractivity contribution is 8.00. The molecule has 0 radical (unpaired) electrons. The molecule has 0 spiro atoms. The Balaban J connectivity index is 2.00. The molecule has 2 atom stereocenters. The number of nitrogen functional groups attached to an aromatic ring is 1. The highest BCUT2D eigenvalue weighted by atomic mass is 32.2. The molecule has 1 aromatic rings. The van der Waals surface area contributed by atoms with Crippen LogP contribution >= 0.6 is 11.8 Å². The van der Waals surface area contributed by atoms with Crippen LogP contribution in [0.1, 0.15) is 19.5 Å². The molecule has 3 nitrogen and oxygen atoms in total. The quantitative estimate of drug-likeness (QED) is 0.854.